The molecule has 1 atom stereocenters. The summed E-state index contributed by atoms with van der Waals surface area (Å²) < 4.78 is 0. The molecule has 1 spiro atoms. The van der Waals surface area contributed by atoms with Crippen LogP contribution in [0.1, 0.15) is 91.7 Å². The Morgan fingerprint density at radius 3 is 2.25 bits per heavy atom. The van der Waals surface area contributed by atoms with Gasteiger partial charge < -0.3 is 10.2 Å². The lowest BCUT2D eigenvalue weighted by Crippen LogP contribution is -2.51. The lowest BCUT2D eigenvalue weighted by Gasteiger charge is -2.51. The first-order valence-electron chi connectivity index (χ1n) is 11.2. The van der Waals surface area contributed by atoms with Gasteiger partial charge in [-0.05, 0) is 73.6 Å². The van der Waals surface area contributed by atoms with Crippen LogP contribution in [0.3, 0.4) is 0 Å². The first kappa shape index (κ1) is 19.9. The highest BCUT2D eigenvalue weighted by Crippen LogP contribution is 2.52. The molecule has 1 saturated carbocycles. The predicted molar refractivity (Wildman–Crippen MR) is 117 cm³/mol. The van der Waals surface area contributed by atoms with Crippen LogP contribution in [0.5, 0.6) is 0 Å². The van der Waals surface area contributed by atoms with E-state index in [1.54, 1.807) is 6.92 Å². The van der Waals surface area contributed by atoms with Gasteiger partial charge in [-0.25, -0.2) is 0 Å². The molecule has 1 heterocycles. The fourth-order valence-corrected chi connectivity index (χ4v) is 7.11. The summed E-state index contributed by atoms with van der Waals surface area (Å²) in [5.74, 6) is 0.0842. The molecule has 28 heavy (non-hydrogen) atoms. The van der Waals surface area contributed by atoms with Gasteiger partial charge in [0.25, 0.3) is 0 Å². The highest BCUT2D eigenvalue weighted by atomic mass is 16.1. The number of fused-ring (bicyclic) bond motifs is 2. The van der Waals surface area contributed by atoms with Crippen LogP contribution in [0.4, 0.5) is 0 Å². The third-order valence-corrected chi connectivity index (χ3v) is 7.68. The highest BCUT2D eigenvalue weighted by molar-refractivity contribution is 5.73. The standard InChI is InChI=1S/C25H38N2O.H2/c1-18(28)26-22-16-25(21-9-7-6-8-20(21)22)10-12-27(13-11-25)19-14-23(2,3)17-24(4,5)15-19;/h6-9,19,22H,10-17H2,1-5H3,(H,26,28);1H/t22-;/m0./s1. The molecule has 2 aliphatic carbocycles. The van der Waals surface area contributed by atoms with Gasteiger partial charge in [0.1, 0.15) is 0 Å². The Morgan fingerprint density at radius 1 is 1.04 bits per heavy atom. The lowest BCUT2D eigenvalue weighted by atomic mass is 9.63. The molecule has 0 radical (unpaired) electrons. The second kappa shape index (κ2) is 6.86. The normalized spacial score (nSPS) is 28.8. The zero-order chi connectivity index (χ0) is 20.2. The van der Waals surface area contributed by atoms with E-state index in [2.05, 4.69) is 62.2 Å². The van der Waals surface area contributed by atoms with Crippen LogP contribution in [0.25, 0.3) is 0 Å². The molecule has 4 rings (SSSR count). The maximum atomic E-state index is 11.7. The quantitative estimate of drug-likeness (QED) is 0.735. The van der Waals surface area contributed by atoms with Crippen molar-refractivity contribution in [2.24, 2.45) is 10.8 Å². The Bertz CT molecular complexity index is 733. The summed E-state index contributed by atoms with van der Waals surface area (Å²) in [5.41, 5.74) is 3.99. The van der Waals surface area contributed by atoms with Gasteiger partial charge in [-0.3, -0.25) is 4.79 Å². The molecule has 1 aliphatic heterocycles. The molecule has 3 aliphatic rings. The molecule has 156 valence electrons. The molecular weight excluding hydrogens is 344 g/mol. The second-order valence-electron chi connectivity index (χ2n) is 11.4. The first-order valence-corrected chi connectivity index (χ1v) is 11.2. The van der Waals surface area contributed by atoms with Crippen LogP contribution in [0, 0.1) is 10.8 Å². The Balaban J connectivity index is 0.00000240. The van der Waals surface area contributed by atoms with Gasteiger partial charge in [-0.1, -0.05) is 52.0 Å². The number of likely N-dealkylation sites (tertiary alicyclic amines) is 1. The number of benzene rings is 1. The van der Waals surface area contributed by atoms with Crippen LogP contribution in [-0.4, -0.2) is 29.9 Å². The molecule has 0 bridgehead atoms. The molecule has 1 aromatic rings. The van der Waals surface area contributed by atoms with E-state index < -0.39 is 0 Å². The number of nitrogens with zero attached hydrogens (tertiary/aromatic N) is 1. The molecule has 1 aromatic carbocycles. The SMILES string of the molecule is CC(=O)N[C@H]1CC2(CCN(C3CC(C)(C)CC(C)(C)C3)CC2)c2ccccc21.[HH]. The summed E-state index contributed by atoms with van der Waals surface area (Å²) in [7, 11) is 0. The van der Waals surface area contributed by atoms with Gasteiger partial charge in [0.15, 0.2) is 0 Å². The van der Waals surface area contributed by atoms with Gasteiger partial charge >= 0.3 is 0 Å². The molecule has 0 unspecified atom stereocenters. The first-order chi connectivity index (χ1) is 13.1. The van der Waals surface area contributed by atoms with E-state index in [0.29, 0.717) is 10.8 Å². The number of amides is 1. The van der Waals surface area contributed by atoms with E-state index in [1.807, 2.05) is 0 Å². The molecule has 2 fully saturated rings. The number of hydrogen-bond acceptors (Lipinski definition) is 2. The summed E-state index contributed by atoms with van der Waals surface area (Å²) in [6, 6.07) is 9.75. The topological polar surface area (TPSA) is 32.3 Å². The summed E-state index contributed by atoms with van der Waals surface area (Å²) in [4.78, 5) is 14.5. The summed E-state index contributed by atoms with van der Waals surface area (Å²) in [6.07, 6.45) is 7.50. The molecule has 3 heteroatoms. The average molecular weight is 385 g/mol. The molecule has 0 aromatic heterocycles. The molecule has 1 amide bonds. The monoisotopic (exact) mass is 384 g/mol. The zero-order valence-corrected chi connectivity index (χ0v) is 18.5. The van der Waals surface area contributed by atoms with Crippen molar-refractivity contribution < 1.29 is 6.22 Å². The van der Waals surface area contributed by atoms with Crippen LogP contribution in [-0.2, 0) is 10.2 Å². The fraction of sp³-hybridized carbons (Fsp3) is 0.720. The maximum absolute atomic E-state index is 11.7. The lowest BCUT2D eigenvalue weighted by molar-refractivity contribution is -0.119. The summed E-state index contributed by atoms with van der Waals surface area (Å²) >= 11 is 0. The Labute approximate surface area is 172 Å². The smallest absolute Gasteiger partial charge is 0.217 e. The van der Waals surface area contributed by atoms with Gasteiger partial charge in [-0.15, -0.1) is 0 Å². The van der Waals surface area contributed by atoms with Gasteiger partial charge in [0.2, 0.25) is 5.91 Å². The van der Waals surface area contributed by atoms with Crippen molar-refractivity contribution in [1.29, 1.82) is 0 Å². The molecule has 1 N–H and O–H groups in total. The average Bonchev–Trinajstić information content (AvgIpc) is 2.86. The van der Waals surface area contributed by atoms with Crippen LogP contribution in [0.15, 0.2) is 24.3 Å². The Kier molecular flexibility index (Phi) is 4.89. The number of carbonyl (C=O) groups is 1. The number of hydrogen-bond donors (Lipinski definition) is 1. The predicted octanol–water partition coefficient (Wildman–Crippen LogP) is 5.45. The number of carbonyl (C=O) groups excluding carboxylic acids is 1. The summed E-state index contributed by atoms with van der Waals surface area (Å²) in [6.45, 7) is 13.9. The fourth-order valence-electron chi connectivity index (χ4n) is 7.11. The number of piperidine rings is 1. The van der Waals surface area contributed by atoms with Gasteiger partial charge in [0, 0.05) is 19.8 Å². The van der Waals surface area contributed by atoms with E-state index in [9.17, 15) is 4.79 Å². The Hall–Kier alpha value is -1.35. The van der Waals surface area contributed by atoms with E-state index in [4.69, 9.17) is 0 Å². The minimum atomic E-state index is 0. The van der Waals surface area contributed by atoms with Crippen molar-refractivity contribution >= 4 is 5.91 Å². The second-order valence-corrected chi connectivity index (χ2v) is 11.4. The molecular formula is C25H40N2O. The van der Waals surface area contributed by atoms with E-state index in [1.165, 1.54) is 56.3 Å². The minimum Gasteiger partial charge on any atom is -0.349 e. The van der Waals surface area contributed by atoms with Crippen LogP contribution in [0.2, 0.25) is 0 Å². The van der Waals surface area contributed by atoms with E-state index in [0.717, 1.165) is 12.5 Å². The van der Waals surface area contributed by atoms with Crippen molar-refractivity contribution in [1.82, 2.24) is 10.2 Å². The van der Waals surface area contributed by atoms with Crippen LogP contribution < -0.4 is 5.32 Å². The summed E-state index contributed by atoms with van der Waals surface area (Å²) in [5, 5.41) is 3.21. The maximum Gasteiger partial charge on any atom is 0.217 e. The molecule has 3 nitrogen and oxygen atoms in total. The van der Waals surface area contributed by atoms with E-state index >= 15 is 0 Å². The number of nitrogens with one attached hydrogen (secondary N) is 1. The zero-order valence-electron chi connectivity index (χ0n) is 18.5. The minimum absolute atomic E-state index is 0. The molecule has 1 saturated heterocycles. The van der Waals surface area contributed by atoms with Crippen molar-refractivity contribution in [3.8, 4) is 0 Å². The van der Waals surface area contributed by atoms with Crippen molar-refractivity contribution in [2.75, 3.05) is 13.1 Å². The van der Waals surface area contributed by atoms with Crippen molar-refractivity contribution in [3.63, 3.8) is 0 Å². The highest BCUT2D eigenvalue weighted by Gasteiger charge is 2.48. The van der Waals surface area contributed by atoms with Crippen LogP contribution >= 0.6 is 0 Å². The van der Waals surface area contributed by atoms with E-state index in [-0.39, 0.29) is 18.8 Å². The van der Waals surface area contributed by atoms with Crippen molar-refractivity contribution in [3.05, 3.63) is 35.4 Å². The largest absolute Gasteiger partial charge is 0.349 e. The Morgan fingerprint density at radius 2 is 1.64 bits per heavy atom. The number of rotatable bonds is 2. The van der Waals surface area contributed by atoms with Crippen molar-refractivity contribution in [2.45, 2.75) is 90.6 Å². The third-order valence-electron chi connectivity index (χ3n) is 7.68. The van der Waals surface area contributed by atoms with Gasteiger partial charge in [0.05, 0.1) is 6.04 Å². The third kappa shape index (κ3) is 3.75. The van der Waals surface area contributed by atoms with Gasteiger partial charge in [-0.2, -0.15) is 0 Å².